The third-order valence-corrected chi connectivity index (χ3v) is 4.93. The highest BCUT2D eigenvalue weighted by molar-refractivity contribution is 6.00. The molecular formula is C23H28N4O3. The average Bonchev–Trinajstić information content (AvgIpc) is 2.68. The number of likely N-dealkylation sites (tertiary alicyclic amines) is 1. The summed E-state index contributed by atoms with van der Waals surface area (Å²) in [5.74, 6) is -0.712. The molecule has 3 N–H and O–H groups in total. The number of carbonyl (C=O) groups is 3. The fourth-order valence-electron chi connectivity index (χ4n) is 3.74. The van der Waals surface area contributed by atoms with Crippen LogP contribution in [0, 0.1) is 0 Å². The minimum atomic E-state index is -0.245. The molecule has 1 aliphatic rings. The molecule has 1 aliphatic heterocycles. The highest BCUT2D eigenvalue weighted by Gasteiger charge is 2.22. The van der Waals surface area contributed by atoms with Gasteiger partial charge in [-0.25, -0.2) is 0 Å². The third kappa shape index (κ3) is 6.42. The van der Waals surface area contributed by atoms with E-state index in [1.807, 2.05) is 18.2 Å². The van der Waals surface area contributed by atoms with Crippen molar-refractivity contribution in [3.05, 3.63) is 59.7 Å². The molecule has 3 rings (SSSR count). The van der Waals surface area contributed by atoms with E-state index in [1.54, 1.807) is 18.2 Å². The van der Waals surface area contributed by atoms with E-state index in [4.69, 9.17) is 0 Å². The molecule has 7 heteroatoms. The second kappa shape index (κ2) is 10.0. The summed E-state index contributed by atoms with van der Waals surface area (Å²) >= 11 is 0. The van der Waals surface area contributed by atoms with E-state index in [2.05, 4.69) is 33.0 Å². The van der Waals surface area contributed by atoms with Gasteiger partial charge >= 0.3 is 0 Å². The highest BCUT2D eigenvalue weighted by Crippen LogP contribution is 2.20. The van der Waals surface area contributed by atoms with Crippen molar-refractivity contribution in [1.82, 2.24) is 10.2 Å². The van der Waals surface area contributed by atoms with E-state index < -0.39 is 0 Å². The Morgan fingerprint density at radius 1 is 0.967 bits per heavy atom. The molecule has 0 radical (unpaired) electrons. The van der Waals surface area contributed by atoms with Crippen molar-refractivity contribution in [3.63, 3.8) is 0 Å². The van der Waals surface area contributed by atoms with Crippen LogP contribution in [0.2, 0.25) is 0 Å². The molecule has 158 valence electrons. The number of carbonyl (C=O) groups excluding carboxylic acids is 3. The fraction of sp³-hybridized carbons (Fsp3) is 0.348. The van der Waals surface area contributed by atoms with Crippen LogP contribution in [0.3, 0.4) is 0 Å². The molecule has 1 heterocycles. The number of hydrogen-bond donors (Lipinski definition) is 3. The Balaban J connectivity index is 1.68. The third-order valence-electron chi connectivity index (χ3n) is 4.93. The molecular weight excluding hydrogens is 380 g/mol. The molecule has 2 aromatic carbocycles. The van der Waals surface area contributed by atoms with Gasteiger partial charge in [0.15, 0.2) is 0 Å². The fourth-order valence-corrected chi connectivity index (χ4v) is 3.74. The van der Waals surface area contributed by atoms with E-state index in [-0.39, 0.29) is 23.8 Å². The average molecular weight is 409 g/mol. The van der Waals surface area contributed by atoms with Gasteiger partial charge in [-0.2, -0.15) is 0 Å². The van der Waals surface area contributed by atoms with Crippen molar-refractivity contribution in [2.45, 2.75) is 39.3 Å². The summed E-state index contributed by atoms with van der Waals surface area (Å²) in [4.78, 5) is 38.1. The Kier molecular flexibility index (Phi) is 7.19. The molecule has 30 heavy (non-hydrogen) atoms. The summed E-state index contributed by atoms with van der Waals surface area (Å²) in [6.07, 6.45) is 1.93. The minimum Gasteiger partial charge on any atom is -0.348 e. The molecule has 3 amide bonds. The van der Waals surface area contributed by atoms with Crippen molar-refractivity contribution in [3.8, 4) is 0 Å². The van der Waals surface area contributed by atoms with Gasteiger partial charge in [-0.15, -0.1) is 0 Å². The van der Waals surface area contributed by atoms with Crippen LogP contribution >= 0.6 is 0 Å². The van der Waals surface area contributed by atoms with Gasteiger partial charge in [0.05, 0.1) is 0 Å². The van der Waals surface area contributed by atoms with Crippen LogP contribution in [-0.2, 0) is 16.1 Å². The predicted octanol–water partition coefficient (Wildman–Crippen LogP) is 3.00. The van der Waals surface area contributed by atoms with E-state index in [0.717, 1.165) is 32.5 Å². The second-order valence-electron chi connectivity index (χ2n) is 7.69. The summed E-state index contributed by atoms with van der Waals surface area (Å²) < 4.78 is 0. The molecule has 0 saturated carbocycles. The molecule has 0 bridgehead atoms. The first-order valence-electron chi connectivity index (χ1n) is 10.2. The largest absolute Gasteiger partial charge is 0.348 e. The quantitative estimate of drug-likeness (QED) is 0.685. The maximum absolute atomic E-state index is 12.9. The minimum absolute atomic E-state index is 0.0450. The molecule has 1 atom stereocenters. The van der Waals surface area contributed by atoms with Gasteiger partial charge < -0.3 is 16.0 Å². The van der Waals surface area contributed by atoms with Crippen LogP contribution in [0.15, 0.2) is 48.5 Å². The zero-order valence-electron chi connectivity index (χ0n) is 17.4. The normalized spacial score (nSPS) is 16.5. The molecule has 0 spiro atoms. The van der Waals surface area contributed by atoms with Crippen LogP contribution in [0.25, 0.3) is 0 Å². The number of hydrogen-bond acceptors (Lipinski definition) is 4. The molecule has 1 fully saturated rings. The van der Waals surface area contributed by atoms with Gasteiger partial charge in [-0.1, -0.05) is 30.3 Å². The number of rotatable bonds is 6. The van der Waals surface area contributed by atoms with Gasteiger partial charge in [0.25, 0.3) is 5.91 Å². The van der Waals surface area contributed by atoms with Gasteiger partial charge in [0, 0.05) is 49.9 Å². The number of nitrogens with one attached hydrogen (secondary N) is 3. The van der Waals surface area contributed by atoms with E-state index in [1.165, 1.54) is 19.4 Å². The van der Waals surface area contributed by atoms with Crippen molar-refractivity contribution in [2.24, 2.45) is 0 Å². The Morgan fingerprint density at radius 3 is 2.20 bits per heavy atom. The zero-order valence-corrected chi connectivity index (χ0v) is 17.4. The summed E-state index contributed by atoms with van der Waals surface area (Å²) in [5.41, 5.74) is 2.58. The number of amides is 3. The first-order chi connectivity index (χ1) is 14.4. The predicted molar refractivity (Wildman–Crippen MR) is 117 cm³/mol. The molecule has 1 unspecified atom stereocenters. The molecule has 0 aromatic heterocycles. The summed E-state index contributed by atoms with van der Waals surface area (Å²) in [6.45, 7) is 5.44. The SMILES string of the molecule is CC(=O)Nc1cc(NC(C)=O)cc(C(=O)NC2CCCN(Cc3ccccc3)C2)c1. The number of anilines is 2. The van der Waals surface area contributed by atoms with Gasteiger partial charge in [0.2, 0.25) is 11.8 Å². The second-order valence-corrected chi connectivity index (χ2v) is 7.69. The Morgan fingerprint density at radius 2 is 1.60 bits per heavy atom. The lowest BCUT2D eigenvalue weighted by Crippen LogP contribution is -2.47. The Labute approximate surface area is 176 Å². The Hall–Kier alpha value is -3.19. The van der Waals surface area contributed by atoms with Crippen LogP contribution in [0.5, 0.6) is 0 Å². The van der Waals surface area contributed by atoms with Crippen LogP contribution in [-0.4, -0.2) is 41.8 Å². The first-order valence-corrected chi connectivity index (χ1v) is 10.2. The topological polar surface area (TPSA) is 90.5 Å². The Bertz CT molecular complexity index is 880. The van der Waals surface area contributed by atoms with E-state index in [0.29, 0.717) is 16.9 Å². The lowest BCUT2D eigenvalue weighted by atomic mass is 10.0. The van der Waals surface area contributed by atoms with Crippen LogP contribution < -0.4 is 16.0 Å². The standard InChI is InChI=1S/C23H28N4O3/c1-16(28)24-21-11-19(12-22(13-21)25-17(2)29)23(30)26-20-9-6-10-27(15-20)14-18-7-4-3-5-8-18/h3-5,7-8,11-13,20H,6,9-10,14-15H2,1-2H3,(H,24,28)(H,25,29)(H,26,30). The van der Waals surface area contributed by atoms with Crippen molar-refractivity contribution in [2.75, 3.05) is 23.7 Å². The zero-order chi connectivity index (χ0) is 21.5. The van der Waals surface area contributed by atoms with Gasteiger partial charge in [-0.3, -0.25) is 19.3 Å². The van der Waals surface area contributed by atoms with Crippen LogP contribution in [0.1, 0.15) is 42.6 Å². The first kappa shape index (κ1) is 21.5. The summed E-state index contributed by atoms with van der Waals surface area (Å²) in [5, 5.41) is 8.45. The van der Waals surface area contributed by atoms with Crippen molar-refractivity contribution < 1.29 is 14.4 Å². The smallest absolute Gasteiger partial charge is 0.251 e. The van der Waals surface area contributed by atoms with Crippen molar-refractivity contribution in [1.29, 1.82) is 0 Å². The molecule has 1 saturated heterocycles. The monoisotopic (exact) mass is 408 g/mol. The number of benzene rings is 2. The molecule has 2 aromatic rings. The van der Waals surface area contributed by atoms with Gasteiger partial charge in [-0.05, 0) is 43.1 Å². The van der Waals surface area contributed by atoms with E-state index >= 15 is 0 Å². The molecule has 7 nitrogen and oxygen atoms in total. The maximum Gasteiger partial charge on any atom is 0.251 e. The van der Waals surface area contributed by atoms with Crippen LogP contribution in [0.4, 0.5) is 11.4 Å². The summed E-state index contributed by atoms with van der Waals surface area (Å²) in [7, 11) is 0. The van der Waals surface area contributed by atoms with Crippen molar-refractivity contribution >= 4 is 29.1 Å². The highest BCUT2D eigenvalue weighted by atomic mass is 16.2. The number of piperidine rings is 1. The van der Waals surface area contributed by atoms with Gasteiger partial charge in [0.1, 0.15) is 0 Å². The van der Waals surface area contributed by atoms with E-state index in [9.17, 15) is 14.4 Å². The lowest BCUT2D eigenvalue weighted by Gasteiger charge is -2.33. The maximum atomic E-state index is 12.9. The summed E-state index contributed by atoms with van der Waals surface area (Å²) in [6, 6.07) is 15.2. The number of nitrogens with zero attached hydrogens (tertiary/aromatic N) is 1. The molecule has 0 aliphatic carbocycles. The lowest BCUT2D eigenvalue weighted by molar-refractivity contribution is -0.115.